The minimum atomic E-state index is -0.352. The molecule has 0 spiro atoms. The van der Waals surface area contributed by atoms with Gasteiger partial charge in [-0.05, 0) is 42.0 Å². The lowest BCUT2D eigenvalue weighted by molar-refractivity contribution is 0.414. The van der Waals surface area contributed by atoms with Gasteiger partial charge in [0.25, 0.3) is 0 Å². The maximum Gasteiger partial charge on any atom is 0.138 e. The first-order valence-electron chi connectivity index (χ1n) is 7.82. The second-order valence-corrected chi connectivity index (χ2v) is 5.59. The Bertz CT molecular complexity index is 836. The molecule has 0 bridgehead atoms. The maximum absolute atomic E-state index is 12.4. The molecule has 0 saturated heterocycles. The van der Waals surface area contributed by atoms with Crippen LogP contribution in [0.4, 0.5) is 10.1 Å². The summed E-state index contributed by atoms with van der Waals surface area (Å²) >= 11 is 0. The van der Waals surface area contributed by atoms with Crippen molar-refractivity contribution in [2.24, 2.45) is 0 Å². The third-order valence-electron chi connectivity index (χ3n) is 3.94. The van der Waals surface area contributed by atoms with Gasteiger partial charge in [-0.15, -0.1) is 0 Å². The molecule has 0 aliphatic heterocycles. The van der Waals surface area contributed by atoms with Crippen LogP contribution in [-0.2, 0) is 0 Å². The van der Waals surface area contributed by atoms with Gasteiger partial charge in [-0.2, -0.15) is 0 Å². The highest BCUT2D eigenvalue weighted by molar-refractivity contribution is 5.83. The van der Waals surface area contributed by atoms with Crippen molar-refractivity contribution in [3.05, 3.63) is 59.9 Å². The average Bonchev–Trinajstić information content (AvgIpc) is 3.02. The van der Waals surface area contributed by atoms with Crippen molar-refractivity contribution in [1.82, 2.24) is 0 Å². The lowest BCUT2D eigenvalue weighted by Gasteiger charge is -2.17. The third kappa shape index (κ3) is 3.59. The summed E-state index contributed by atoms with van der Waals surface area (Å²) < 4.78 is 23.4. The van der Waals surface area contributed by atoms with E-state index in [1.807, 2.05) is 72.6 Å². The number of ether oxygens (including phenoxy) is 1. The molecule has 4 heteroatoms. The normalized spacial score (nSPS) is 11.3. The lowest BCUT2D eigenvalue weighted by atomic mass is 10.1. The maximum atomic E-state index is 12.4. The van der Waals surface area contributed by atoms with Gasteiger partial charge in [0.05, 0.1) is 7.11 Å². The summed E-state index contributed by atoms with van der Waals surface area (Å²) in [5.74, 6) is 1.57. The van der Waals surface area contributed by atoms with E-state index < -0.39 is 0 Å². The van der Waals surface area contributed by atoms with Crippen LogP contribution in [0.5, 0.6) is 5.75 Å². The number of alkyl halides is 1. The van der Waals surface area contributed by atoms with Gasteiger partial charge in [0.2, 0.25) is 0 Å². The van der Waals surface area contributed by atoms with E-state index >= 15 is 0 Å². The Balaban J connectivity index is 1.75. The zero-order valence-corrected chi connectivity index (χ0v) is 13.8. The Hall–Kier alpha value is -2.75. The molecule has 3 aromatic rings. The van der Waals surface area contributed by atoms with Crippen molar-refractivity contribution < 1.29 is 13.5 Å². The third-order valence-corrected chi connectivity index (χ3v) is 3.94. The van der Waals surface area contributed by atoms with Crippen molar-refractivity contribution in [1.29, 1.82) is 0 Å². The Morgan fingerprint density at radius 2 is 1.88 bits per heavy atom. The van der Waals surface area contributed by atoms with Crippen molar-refractivity contribution in [2.75, 3.05) is 32.3 Å². The van der Waals surface area contributed by atoms with E-state index in [1.54, 1.807) is 7.11 Å². The molecule has 0 saturated carbocycles. The van der Waals surface area contributed by atoms with Crippen molar-refractivity contribution in [2.45, 2.75) is 0 Å². The number of furan rings is 1. The average molecular weight is 325 g/mol. The summed E-state index contributed by atoms with van der Waals surface area (Å²) in [5.41, 5.74) is 2.86. The highest BCUT2D eigenvalue weighted by Crippen LogP contribution is 2.25. The molecule has 0 aliphatic rings. The Kier molecular flexibility index (Phi) is 4.85. The van der Waals surface area contributed by atoms with Crippen molar-refractivity contribution in [3.8, 4) is 5.75 Å². The minimum absolute atomic E-state index is 0.352. The molecular formula is C20H20FNO2. The zero-order valence-electron chi connectivity index (χ0n) is 13.8. The summed E-state index contributed by atoms with van der Waals surface area (Å²) in [4.78, 5) is 1.89. The molecule has 0 atom stereocenters. The first-order chi connectivity index (χ1) is 11.7. The van der Waals surface area contributed by atoms with Crippen LogP contribution in [0, 0.1) is 0 Å². The van der Waals surface area contributed by atoms with E-state index in [0.29, 0.717) is 6.54 Å². The van der Waals surface area contributed by atoms with Crippen LogP contribution in [0.25, 0.3) is 23.1 Å². The molecule has 0 aliphatic carbocycles. The number of rotatable bonds is 6. The monoisotopic (exact) mass is 325 g/mol. The number of hydrogen-bond acceptors (Lipinski definition) is 3. The first kappa shape index (κ1) is 16.1. The number of fused-ring (bicyclic) bond motifs is 1. The first-order valence-corrected chi connectivity index (χ1v) is 7.82. The van der Waals surface area contributed by atoms with Gasteiger partial charge in [0.15, 0.2) is 0 Å². The number of benzene rings is 2. The molecule has 1 heterocycles. The molecule has 1 aromatic heterocycles. The van der Waals surface area contributed by atoms with Gasteiger partial charge < -0.3 is 14.1 Å². The number of nitrogens with zero attached hydrogens (tertiary/aromatic N) is 1. The molecule has 0 amide bonds. The largest absolute Gasteiger partial charge is 0.497 e. The minimum Gasteiger partial charge on any atom is -0.497 e. The number of methoxy groups -OCH3 is 1. The second kappa shape index (κ2) is 7.21. The van der Waals surface area contributed by atoms with Crippen molar-refractivity contribution >= 4 is 28.8 Å². The van der Waals surface area contributed by atoms with Crippen LogP contribution in [0.2, 0.25) is 0 Å². The van der Waals surface area contributed by atoms with Gasteiger partial charge in [0.1, 0.15) is 23.8 Å². The predicted octanol–water partition coefficient (Wildman–Crippen LogP) is 5.02. The standard InChI is InChI=1S/C20H20FNO2/c1-22(12-11-21)17-7-3-15(4-8-17)5-9-19-13-16-6-10-18(23-2)14-20(16)24-19/h3-10,13-14H,11-12H2,1-2H3/b9-5+. The molecule has 0 radical (unpaired) electrons. The number of halogens is 1. The molecular weight excluding hydrogens is 305 g/mol. The highest BCUT2D eigenvalue weighted by Gasteiger charge is 2.03. The van der Waals surface area contributed by atoms with Crippen LogP contribution < -0.4 is 9.64 Å². The number of anilines is 1. The van der Waals surface area contributed by atoms with Gasteiger partial charge in [-0.1, -0.05) is 18.2 Å². The quantitative estimate of drug-likeness (QED) is 0.636. The molecule has 0 fully saturated rings. The van der Waals surface area contributed by atoms with Gasteiger partial charge in [-0.25, -0.2) is 4.39 Å². The zero-order chi connectivity index (χ0) is 16.9. The van der Waals surface area contributed by atoms with Crippen LogP contribution in [-0.4, -0.2) is 27.4 Å². The molecule has 2 aromatic carbocycles. The number of hydrogen-bond donors (Lipinski definition) is 0. The summed E-state index contributed by atoms with van der Waals surface area (Å²) in [6.07, 6.45) is 3.93. The van der Waals surface area contributed by atoms with E-state index in [-0.39, 0.29) is 6.67 Å². The van der Waals surface area contributed by atoms with Crippen LogP contribution in [0.1, 0.15) is 11.3 Å². The summed E-state index contributed by atoms with van der Waals surface area (Å²) in [5, 5.41) is 1.04. The van der Waals surface area contributed by atoms with Gasteiger partial charge in [-0.3, -0.25) is 0 Å². The molecule has 0 unspecified atom stereocenters. The smallest absolute Gasteiger partial charge is 0.138 e. The van der Waals surface area contributed by atoms with E-state index in [2.05, 4.69) is 0 Å². The Morgan fingerprint density at radius 1 is 1.08 bits per heavy atom. The van der Waals surface area contributed by atoms with E-state index in [0.717, 1.165) is 33.7 Å². The molecule has 3 nitrogen and oxygen atoms in total. The summed E-state index contributed by atoms with van der Waals surface area (Å²) in [7, 11) is 3.52. The van der Waals surface area contributed by atoms with Gasteiger partial charge >= 0.3 is 0 Å². The molecule has 24 heavy (non-hydrogen) atoms. The fraction of sp³-hybridized carbons (Fsp3) is 0.200. The van der Waals surface area contributed by atoms with Crippen LogP contribution in [0.15, 0.2) is 52.9 Å². The topological polar surface area (TPSA) is 25.6 Å². The fourth-order valence-corrected chi connectivity index (χ4v) is 2.52. The molecule has 3 rings (SSSR count). The highest BCUT2D eigenvalue weighted by atomic mass is 19.1. The van der Waals surface area contributed by atoms with E-state index in [9.17, 15) is 4.39 Å². The lowest BCUT2D eigenvalue weighted by Crippen LogP contribution is -2.19. The molecule has 0 N–H and O–H groups in total. The molecule has 124 valence electrons. The van der Waals surface area contributed by atoms with Crippen LogP contribution >= 0.6 is 0 Å². The van der Waals surface area contributed by atoms with Crippen molar-refractivity contribution in [3.63, 3.8) is 0 Å². The summed E-state index contributed by atoms with van der Waals surface area (Å²) in [6.45, 7) is 0.0482. The summed E-state index contributed by atoms with van der Waals surface area (Å²) in [6, 6.07) is 15.7. The SMILES string of the molecule is COc1ccc2cc(/C=C/c3ccc(N(C)CCF)cc3)oc2c1. The van der Waals surface area contributed by atoms with E-state index in [4.69, 9.17) is 9.15 Å². The fourth-order valence-electron chi connectivity index (χ4n) is 2.52. The predicted molar refractivity (Wildman–Crippen MR) is 97.4 cm³/mol. The van der Waals surface area contributed by atoms with Gasteiger partial charge in [0, 0.05) is 30.7 Å². The van der Waals surface area contributed by atoms with Crippen LogP contribution in [0.3, 0.4) is 0 Å². The Labute approximate surface area is 141 Å². The Morgan fingerprint density at radius 3 is 2.58 bits per heavy atom. The van der Waals surface area contributed by atoms with E-state index in [1.165, 1.54) is 0 Å². The second-order valence-electron chi connectivity index (χ2n) is 5.59.